The van der Waals surface area contributed by atoms with Crippen LogP contribution in [0.3, 0.4) is 0 Å². The van der Waals surface area contributed by atoms with Gasteiger partial charge >= 0.3 is 5.97 Å². The number of esters is 1. The zero-order valence-electron chi connectivity index (χ0n) is 15.1. The molecule has 1 aliphatic rings. The Hall–Kier alpha value is -3.25. The van der Waals surface area contributed by atoms with Gasteiger partial charge in [-0.2, -0.15) is 0 Å². The van der Waals surface area contributed by atoms with Crippen LogP contribution in [0.25, 0.3) is 6.08 Å². The number of Topliss-reactive ketones (excluding diaryl/α,β-unsaturated/α-hetero) is 1. The first-order valence-electron chi connectivity index (χ1n) is 8.53. The molecule has 0 N–H and O–H groups in total. The molecule has 1 aromatic heterocycles. The lowest BCUT2D eigenvalue weighted by molar-refractivity contribution is 0.0734. The van der Waals surface area contributed by atoms with Crippen LogP contribution < -0.4 is 9.47 Å². The molecule has 0 saturated carbocycles. The summed E-state index contributed by atoms with van der Waals surface area (Å²) in [5, 5.41) is 1.95. The molecule has 0 atom stereocenters. The van der Waals surface area contributed by atoms with Crippen molar-refractivity contribution in [2.45, 2.75) is 13.8 Å². The second-order valence-corrected chi connectivity index (χ2v) is 7.37. The number of rotatable bonds is 3. The zero-order chi connectivity index (χ0) is 19.8. The van der Waals surface area contributed by atoms with Crippen molar-refractivity contribution in [1.82, 2.24) is 0 Å². The lowest BCUT2D eigenvalue weighted by atomic mass is 10.0. The molecule has 140 valence electrons. The third kappa shape index (κ3) is 3.34. The van der Waals surface area contributed by atoms with Gasteiger partial charge in [0.15, 0.2) is 5.76 Å². The summed E-state index contributed by atoms with van der Waals surface area (Å²) in [5.41, 5.74) is 2.40. The fraction of sp³-hybridized carbons (Fsp3) is 0.0909. The van der Waals surface area contributed by atoms with E-state index in [0.29, 0.717) is 16.9 Å². The number of hydrogen-bond acceptors (Lipinski definition) is 5. The van der Waals surface area contributed by atoms with Crippen LogP contribution in [0.1, 0.15) is 36.7 Å². The second-order valence-electron chi connectivity index (χ2n) is 6.42. The van der Waals surface area contributed by atoms with Crippen LogP contribution in [0.5, 0.6) is 11.5 Å². The highest BCUT2D eigenvalue weighted by molar-refractivity contribution is 7.11. The van der Waals surface area contributed by atoms with Crippen LogP contribution in [0, 0.1) is 19.7 Å². The number of thiophene rings is 1. The van der Waals surface area contributed by atoms with Crippen molar-refractivity contribution in [2.24, 2.45) is 0 Å². The summed E-state index contributed by atoms with van der Waals surface area (Å²) in [6.07, 6.45) is 1.73. The number of carbonyl (C=O) groups is 2. The zero-order valence-corrected chi connectivity index (χ0v) is 15.9. The van der Waals surface area contributed by atoms with Gasteiger partial charge in [-0.15, -0.1) is 11.3 Å². The van der Waals surface area contributed by atoms with Gasteiger partial charge in [-0.25, -0.2) is 9.18 Å². The van der Waals surface area contributed by atoms with Crippen LogP contribution in [0.2, 0.25) is 0 Å². The fourth-order valence-corrected chi connectivity index (χ4v) is 3.79. The summed E-state index contributed by atoms with van der Waals surface area (Å²) in [6, 6.07) is 10.2. The number of ether oxygens (including phenoxy) is 2. The van der Waals surface area contributed by atoms with Gasteiger partial charge in [-0.1, -0.05) is 0 Å². The van der Waals surface area contributed by atoms with Gasteiger partial charge in [0.05, 0.1) is 11.1 Å². The van der Waals surface area contributed by atoms with Crippen LogP contribution in [-0.4, -0.2) is 11.8 Å². The Balaban J connectivity index is 1.61. The van der Waals surface area contributed by atoms with E-state index in [2.05, 4.69) is 0 Å². The lowest BCUT2D eigenvalue weighted by Gasteiger charge is -2.07. The third-order valence-corrected chi connectivity index (χ3v) is 5.36. The molecule has 0 aliphatic carbocycles. The van der Waals surface area contributed by atoms with E-state index in [9.17, 15) is 14.0 Å². The molecule has 0 radical (unpaired) electrons. The van der Waals surface area contributed by atoms with Gasteiger partial charge in [0.25, 0.3) is 0 Å². The largest absolute Gasteiger partial charge is 0.452 e. The molecule has 0 amide bonds. The molecule has 0 saturated heterocycles. The average molecular weight is 394 g/mol. The first-order valence-corrected chi connectivity index (χ1v) is 9.41. The van der Waals surface area contributed by atoms with Crippen molar-refractivity contribution in [3.63, 3.8) is 0 Å². The van der Waals surface area contributed by atoms with Crippen molar-refractivity contribution in [3.05, 3.63) is 86.6 Å². The van der Waals surface area contributed by atoms with Crippen molar-refractivity contribution in [3.8, 4) is 11.5 Å². The SMILES string of the molecule is Cc1ccsc1/C=C1\Oc2cc(OC(=O)c3ccc(F)cc3)cc(C)c2C1=O. The number of benzene rings is 2. The van der Waals surface area contributed by atoms with Gasteiger partial charge in [0.1, 0.15) is 17.3 Å². The van der Waals surface area contributed by atoms with Crippen LogP contribution in [0.4, 0.5) is 4.39 Å². The van der Waals surface area contributed by atoms with E-state index in [-0.39, 0.29) is 22.9 Å². The molecular weight excluding hydrogens is 379 g/mol. The maximum atomic E-state index is 13.0. The molecule has 6 heteroatoms. The average Bonchev–Trinajstić information content (AvgIpc) is 3.19. The Morgan fingerprint density at radius 2 is 1.86 bits per heavy atom. The summed E-state index contributed by atoms with van der Waals surface area (Å²) in [5.74, 6) is -0.396. The molecule has 3 aromatic rings. The van der Waals surface area contributed by atoms with E-state index in [0.717, 1.165) is 10.4 Å². The second kappa shape index (κ2) is 7.05. The van der Waals surface area contributed by atoms with Crippen LogP contribution in [0.15, 0.2) is 53.6 Å². The Morgan fingerprint density at radius 1 is 1.11 bits per heavy atom. The van der Waals surface area contributed by atoms with Gasteiger partial charge in [-0.05, 0) is 66.8 Å². The predicted octanol–water partition coefficient (Wildman–Crippen LogP) is 5.34. The molecule has 2 heterocycles. The lowest BCUT2D eigenvalue weighted by Crippen LogP contribution is -2.08. The van der Waals surface area contributed by atoms with Gasteiger partial charge in [-0.3, -0.25) is 4.79 Å². The Morgan fingerprint density at radius 3 is 2.54 bits per heavy atom. The summed E-state index contributed by atoms with van der Waals surface area (Å²) in [7, 11) is 0. The third-order valence-electron chi connectivity index (χ3n) is 4.40. The number of aryl methyl sites for hydroxylation is 2. The molecular formula is C22H15FO4S. The number of hydrogen-bond donors (Lipinski definition) is 0. The topological polar surface area (TPSA) is 52.6 Å². The molecule has 4 nitrogen and oxygen atoms in total. The molecule has 0 fully saturated rings. The van der Waals surface area contributed by atoms with Gasteiger partial charge in [0, 0.05) is 17.0 Å². The van der Waals surface area contributed by atoms with Crippen molar-refractivity contribution in [1.29, 1.82) is 0 Å². The molecule has 0 unspecified atom stereocenters. The van der Waals surface area contributed by atoms with Crippen molar-refractivity contribution in [2.75, 3.05) is 0 Å². The van der Waals surface area contributed by atoms with E-state index in [1.165, 1.54) is 41.7 Å². The highest BCUT2D eigenvalue weighted by Crippen LogP contribution is 2.38. The maximum Gasteiger partial charge on any atom is 0.343 e. The molecule has 28 heavy (non-hydrogen) atoms. The number of ketones is 1. The normalized spacial score (nSPS) is 14.1. The Labute approximate surface area is 164 Å². The van der Waals surface area contributed by atoms with Gasteiger partial charge in [0.2, 0.25) is 5.78 Å². The van der Waals surface area contributed by atoms with Crippen molar-refractivity contribution >= 4 is 29.2 Å². The molecule has 1 aliphatic heterocycles. The monoisotopic (exact) mass is 394 g/mol. The predicted molar refractivity (Wildman–Crippen MR) is 105 cm³/mol. The quantitative estimate of drug-likeness (QED) is 0.342. The van der Waals surface area contributed by atoms with E-state index in [1.807, 2.05) is 18.4 Å². The highest BCUT2D eigenvalue weighted by atomic mass is 32.1. The summed E-state index contributed by atoms with van der Waals surface area (Å²) in [4.78, 5) is 25.9. The van der Waals surface area contributed by atoms with E-state index >= 15 is 0 Å². The van der Waals surface area contributed by atoms with Crippen LogP contribution >= 0.6 is 11.3 Å². The van der Waals surface area contributed by atoms with Gasteiger partial charge < -0.3 is 9.47 Å². The molecule has 2 aromatic carbocycles. The number of halogens is 1. The van der Waals surface area contributed by atoms with Crippen molar-refractivity contribution < 1.29 is 23.5 Å². The van der Waals surface area contributed by atoms with E-state index in [4.69, 9.17) is 9.47 Å². The Kier molecular flexibility index (Phi) is 4.57. The summed E-state index contributed by atoms with van der Waals surface area (Å²) in [6.45, 7) is 3.72. The maximum absolute atomic E-state index is 13.0. The minimum atomic E-state index is -0.617. The minimum absolute atomic E-state index is 0.197. The molecule has 0 spiro atoms. The summed E-state index contributed by atoms with van der Waals surface area (Å²) >= 11 is 1.53. The Bertz CT molecular complexity index is 1130. The fourth-order valence-electron chi connectivity index (χ4n) is 2.94. The number of fused-ring (bicyclic) bond motifs is 1. The standard InChI is InChI=1S/C22H15FO4S/c1-12-7-8-28-19(12)11-18-21(24)20-13(2)9-16(10-17(20)27-18)26-22(25)14-3-5-15(23)6-4-14/h3-11H,1-2H3/b18-11-. The minimum Gasteiger partial charge on any atom is -0.452 e. The smallest absolute Gasteiger partial charge is 0.343 e. The molecule has 0 bridgehead atoms. The molecule has 4 rings (SSSR count). The first-order chi connectivity index (χ1) is 13.4. The number of carbonyl (C=O) groups excluding carboxylic acids is 2. The number of allylic oxidation sites excluding steroid dienone is 1. The first kappa shape index (κ1) is 18.1. The van der Waals surface area contributed by atoms with Crippen LogP contribution in [-0.2, 0) is 0 Å². The van der Waals surface area contributed by atoms with E-state index < -0.39 is 11.8 Å². The highest BCUT2D eigenvalue weighted by Gasteiger charge is 2.30. The van der Waals surface area contributed by atoms with E-state index in [1.54, 1.807) is 19.1 Å². The summed E-state index contributed by atoms with van der Waals surface area (Å²) < 4.78 is 24.1.